The zero-order valence-electron chi connectivity index (χ0n) is 9.85. The molecule has 0 radical (unpaired) electrons. The Bertz CT molecular complexity index is 312. The molecule has 0 aromatic rings. The Morgan fingerprint density at radius 1 is 1.18 bits per heavy atom. The number of nitrogens with one attached hydrogen (secondary N) is 2. The standard InChI is InChI=1S/C10H20N2O3S.ClH/c13-16(14,10-2-1-7-15-8-10)12-9-3-5-11-6-4-9;/h9-12H,1-8H2;1H. The summed E-state index contributed by atoms with van der Waals surface area (Å²) in [6, 6.07) is 0.105. The number of hydrogen-bond acceptors (Lipinski definition) is 4. The summed E-state index contributed by atoms with van der Waals surface area (Å²) in [5, 5.41) is 2.87. The monoisotopic (exact) mass is 284 g/mol. The van der Waals surface area contributed by atoms with Gasteiger partial charge in [0, 0.05) is 12.6 Å². The molecule has 1 unspecified atom stereocenters. The lowest BCUT2D eigenvalue weighted by molar-refractivity contribution is 0.0986. The number of piperidine rings is 1. The normalized spacial score (nSPS) is 27.4. The highest BCUT2D eigenvalue weighted by Crippen LogP contribution is 2.15. The maximum Gasteiger partial charge on any atom is 0.217 e. The van der Waals surface area contributed by atoms with Gasteiger partial charge < -0.3 is 10.1 Å². The smallest absolute Gasteiger partial charge is 0.217 e. The van der Waals surface area contributed by atoms with Crippen molar-refractivity contribution in [3.63, 3.8) is 0 Å². The van der Waals surface area contributed by atoms with E-state index < -0.39 is 10.0 Å². The van der Waals surface area contributed by atoms with E-state index in [1.54, 1.807) is 0 Å². The van der Waals surface area contributed by atoms with Crippen LogP contribution in [-0.4, -0.2) is 46.0 Å². The van der Waals surface area contributed by atoms with Crippen LogP contribution in [0.15, 0.2) is 0 Å². The highest BCUT2D eigenvalue weighted by atomic mass is 35.5. The molecule has 1 atom stereocenters. The van der Waals surface area contributed by atoms with Crippen LogP contribution in [0.1, 0.15) is 25.7 Å². The molecule has 2 heterocycles. The Balaban J connectivity index is 0.00000144. The predicted molar refractivity (Wildman–Crippen MR) is 69.0 cm³/mol. The van der Waals surface area contributed by atoms with Crippen molar-refractivity contribution in [2.75, 3.05) is 26.3 Å². The molecule has 0 amide bonds. The minimum absolute atomic E-state index is 0. The van der Waals surface area contributed by atoms with Gasteiger partial charge in [-0.15, -0.1) is 12.4 Å². The van der Waals surface area contributed by atoms with Crippen LogP contribution in [0.5, 0.6) is 0 Å². The van der Waals surface area contributed by atoms with Gasteiger partial charge in [-0.1, -0.05) is 0 Å². The zero-order valence-corrected chi connectivity index (χ0v) is 11.5. The number of rotatable bonds is 3. The van der Waals surface area contributed by atoms with Crippen molar-refractivity contribution < 1.29 is 13.2 Å². The third-order valence-corrected chi connectivity index (χ3v) is 5.14. The van der Waals surface area contributed by atoms with Gasteiger partial charge in [0.05, 0.1) is 11.9 Å². The second kappa shape index (κ2) is 6.89. The Morgan fingerprint density at radius 3 is 2.47 bits per heavy atom. The van der Waals surface area contributed by atoms with E-state index in [0.29, 0.717) is 13.2 Å². The summed E-state index contributed by atoms with van der Waals surface area (Å²) in [5.41, 5.74) is 0. The highest BCUT2D eigenvalue weighted by molar-refractivity contribution is 7.90. The van der Waals surface area contributed by atoms with Crippen LogP contribution >= 0.6 is 12.4 Å². The molecule has 2 N–H and O–H groups in total. The molecule has 2 aliphatic heterocycles. The van der Waals surface area contributed by atoms with Gasteiger partial charge in [0.1, 0.15) is 0 Å². The van der Waals surface area contributed by atoms with Gasteiger partial charge in [-0.25, -0.2) is 13.1 Å². The van der Waals surface area contributed by atoms with Gasteiger partial charge in [0.2, 0.25) is 10.0 Å². The summed E-state index contributed by atoms with van der Waals surface area (Å²) >= 11 is 0. The lowest BCUT2D eigenvalue weighted by Gasteiger charge is -2.28. The SMILES string of the molecule is Cl.O=S(=O)(NC1CCNCC1)C1CCCOC1. The Morgan fingerprint density at radius 2 is 1.88 bits per heavy atom. The van der Waals surface area contributed by atoms with Crippen LogP contribution in [0.2, 0.25) is 0 Å². The van der Waals surface area contributed by atoms with E-state index in [4.69, 9.17) is 4.74 Å². The second-order valence-electron chi connectivity index (χ2n) is 4.53. The second-order valence-corrected chi connectivity index (χ2v) is 6.52. The maximum atomic E-state index is 12.0. The quantitative estimate of drug-likeness (QED) is 0.780. The summed E-state index contributed by atoms with van der Waals surface area (Å²) in [6.45, 7) is 2.84. The predicted octanol–water partition coefficient (Wildman–Crippen LogP) is 0.259. The molecule has 2 fully saturated rings. The van der Waals surface area contributed by atoms with Gasteiger partial charge in [-0.2, -0.15) is 0 Å². The lowest BCUT2D eigenvalue weighted by Crippen LogP contribution is -2.47. The molecule has 0 bridgehead atoms. The van der Waals surface area contributed by atoms with Gasteiger partial charge in [-0.3, -0.25) is 0 Å². The molecule has 7 heteroatoms. The van der Waals surface area contributed by atoms with Crippen molar-refractivity contribution in [1.82, 2.24) is 10.0 Å². The fourth-order valence-electron chi connectivity index (χ4n) is 2.22. The molecular weight excluding hydrogens is 264 g/mol. The number of sulfonamides is 1. The van der Waals surface area contributed by atoms with Crippen molar-refractivity contribution >= 4 is 22.4 Å². The van der Waals surface area contributed by atoms with Gasteiger partial charge >= 0.3 is 0 Å². The van der Waals surface area contributed by atoms with Crippen molar-refractivity contribution in [1.29, 1.82) is 0 Å². The molecule has 2 aliphatic rings. The summed E-state index contributed by atoms with van der Waals surface area (Å²) in [6.07, 6.45) is 3.33. The minimum Gasteiger partial charge on any atom is -0.380 e. The van der Waals surface area contributed by atoms with E-state index in [2.05, 4.69) is 10.0 Å². The zero-order chi connectivity index (χ0) is 11.4. The van der Waals surface area contributed by atoms with Crippen LogP contribution in [-0.2, 0) is 14.8 Å². The summed E-state index contributed by atoms with van der Waals surface area (Å²) in [4.78, 5) is 0. The average molecular weight is 285 g/mol. The Labute approximate surface area is 109 Å². The Hall–Kier alpha value is 0.120. The number of halogens is 1. The molecule has 0 aromatic carbocycles. The van der Waals surface area contributed by atoms with Crippen LogP contribution in [0, 0.1) is 0 Å². The summed E-state index contributed by atoms with van der Waals surface area (Å²) < 4.78 is 32.1. The van der Waals surface area contributed by atoms with E-state index in [1.165, 1.54) is 0 Å². The molecular formula is C10H21ClN2O3S. The first-order valence-electron chi connectivity index (χ1n) is 5.98. The molecule has 0 aliphatic carbocycles. The van der Waals surface area contributed by atoms with E-state index in [1.807, 2.05) is 0 Å². The van der Waals surface area contributed by atoms with E-state index in [0.717, 1.165) is 38.8 Å². The molecule has 5 nitrogen and oxygen atoms in total. The van der Waals surface area contributed by atoms with Crippen molar-refractivity contribution in [2.24, 2.45) is 0 Å². The first-order valence-corrected chi connectivity index (χ1v) is 7.53. The van der Waals surface area contributed by atoms with Crippen LogP contribution < -0.4 is 10.0 Å². The van der Waals surface area contributed by atoms with Gasteiger partial charge in [0.15, 0.2) is 0 Å². The molecule has 2 rings (SSSR count). The van der Waals surface area contributed by atoms with Crippen LogP contribution in [0.4, 0.5) is 0 Å². The molecule has 17 heavy (non-hydrogen) atoms. The van der Waals surface area contributed by atoms with E-state index >= 15 is 0 Å². The van der Waals surface area contributed by atoms with Crippen molar-refractivity contribution in [2.45, 2.75) is 37.0 Å². The molecule has 0 spiro atoms. The minimum atomic E-state index is -3.19. The number of hydrogen-bond donors (Lipinski definition) is 2. The largest absolute Gasteiger partial charge is 0.380 e. The summed E-state index contributed by atoms with van der Waals surface area (Å²) in [5.74, 6) is 0. The molecule has 102 valence electrons. The van der Waals surface area contributed by atoms with Gasteiger partial charge in [0.25, 0.3) is 0 Å². The lowest BCUT2D eigenvalue weighted by atomic mass is 10.1. The third kappa shape index (κ3) is 4.37. The average Bonchev–Trinajstić information content (AvgIpc) is 2.31. The molecule has 0 saturated carbocycles. The fraction of sp³-hybridized carbons (Fsp3) is 1.00. The fourth-order valence-corrected chi connectivity index (χ4v) is 3.87. The first-order chi connectivity index (χ1) is 7.68. The molecule has 2 saturated heterocycles. The third-order valence-electron chi connectivity index (χ3n) is 3.23. The Kier molecular flexibility index (Phi) is 6.16. The van der Waals surface area contributed by atoms with Crippen molar-refractivity contribution in [3.05, 3.63) is 0 Å². The van der Waals surface area contributed by atoms with E-state index in [9.17, 15) is 8.42 Å². The van der Waals surface area contributed by atoms with Crippen molar-refractivity contribution in [3.8, 4) is 0 Å². The highest BCUT2D eigenvalue weighted by Gasteiger charge is 2.30. The first kappa shape index (κ1) is 15.2. The van der Waals surface area contributed by atoms with E-state index in [-0.39, 0.29) is 23.7 Å². The topological polar surface area (TPSA) is 67.4 Å². The maximum absolute atomic E-state index is 12.0. The van der Waals surface area contributed by atoms with Crippen LogP contribution in [0.25, 0.3) is 0 Å². The van der Waals surface area contributed by atoms with Gasteiger partial charge in [-0.05, 0) is 38.8 Å². The van der Waals surface area contributed by atoms with Crippen LogP contribution in [0.3, 0.4) is 0 Å². The number of ether oxygens (including phenoxy) is 1. The molecule has 0 aromatic heterocycles. The summed E-state index contributed by atoms with van der Waals surface area (Å²) in [7, 11) is -3.19.